The maximum absolute atomic E-state index is 11.6. The molecule has 3 aromatic rings. The zero-order valence-corrected chi connectivity index (χ0v) is 18.7. The van der Waals surface area contributed by atoms with E-state index in [1.807, 2.05) is 12.1 Å². The van der Waals surface area contributed by atoms with Gasteiger partial charge in [0.15, 0.2) is 5.75 Å². The first kappa shape index (κ1) is 22.9. The summed E-state index contributed by atoms with van der Waals surface area (Å²) in [5, 5.41) is 21.3. The van der Waals surface area contributed by atoms with Gasteiger partial charge in [0, 0.05) is 30.9 Å². The number of hydrogen-bond donors (Lipinski definition) is 4. The second kappa shape index (κ2) is 9.68. The Morgan fingerprint density at radius 3 is 2.21 bits per heavy atom. The van der Waals surface area contributed by atoms with Gasteiger partial charge in [-0.2, -0.15) is 0 Å². The Kier molecular flexibility index (Phi) is 6.71. The van der Waals surface area contributed by atoms with Crippen molar-refractivity contribution in [3.63, 3.8) is 0 Å². The van der Waals surface area contributed by atoms with E-state index in [1.165, 1.54) is 34.8 Å². The fraction of sp³-hybridized carbons (Fsp3) is 0.130. The number of carbonyl (C=O) groups is 2. The molecule has 8 nitrogen and oxygen atoms in total. The molecule has 0 unspecified atom stereocenters. The molecule has 10 heteroatoms. The van der Waals surface area contributed by atoms with Gasteiger partial charge in [0.05, 0.1) is 10.0 Å². The van der Waals surface area contributed by atoms with E-state index in [1.54, 1.807) is 12.1 Å². The zero-order valence-electron chi connectivity index (χ0n) is 17.1. The molecule has 0 spiro atoms. The van der Waals surface area contributed by atoms with Gasteiger partial charge in [-0.3, -0.25) is 19.7 Å². The van der Waals surface area contributed by atoms with Gasteiger partial charge in [0.25, 0.3) is 0 Å². The molecule has 3 aromatic carbocycles. The first-order valence-corrected chi connectivity index (χ1v) is 10.6. The second-order valence-electron chi connectivity index (χ2n) is 7.47. The zero-order chi connectivity index (χ0) is 23.5. The van der Waals surface area contributed by atoms with Crippen LogP contribution < -0.4 is 15.5 Å². The molecule has 0 aromatic heterocycles. The summed E-state index contributed by atoms with van der Waals surface area (Å²) in [6, 6.07) is 15.8. The highest BCUT2D eigenvalue weighted by Gasteiger charge is 2.20. The Hall–Kier alpha value is -3.30. The molecule has 2 amide bonds. The number of anilines is 1. The molecule has 0 aliphatic carbocycles. The Balaban J connectivity index is 1.49. The third-order valence-electron chi connectivity index (χ3n) is 5.14. The van der Waals surface area contributed by atoms with Crippen molar-refractivity contribution in [2.75, 3.05) is 5.32 Å². The van der Waals surface area contributed by atoms with Crippen LogP contribution in [0.25, 0.3) is 0 Å². The van der Waals surface area contributed by atoms with Gasteiger partial charge < -0.3 is 15.2 Å². The summed E-state index contributed by atoms with van der Waals surface area (Å²) in [6.07, 6.45) is 0. The van der Waals surface area contributed by atoms with Gasteiger partial charge in [-0.05, 0) is 41.5 Å². The predicted molar refractivity (Wildman–Crippen MR) is 123 cm³/mol. The largest absolute Gasteiger partial charge is 0.508 e. The van der Waals surface area contributed by atoms with Gasteiger partial charge in [-0.25, -0.2) is 5.48 Å². The number of ether oxygens (including phenoxy) is 1. The van der Waals surface area contributed by atoms with Crippen molar-refractivity contribution in [2.45, 2.75) is 19.6 Å². The van der Waals surface area contributed by atoms with E-state index in [0.717, 1.165) is 13.1 Å². The average molecular weight is 488 g/mol. The number of amides is 2. The highest BCUT2D eigenvalue weighted by molar-refractivity contribution is 6.40. The highest BCUT2D eigenvalue weighted by atomic mass is 35.5. The van der Waals surface area contributed by atoms with Gasteiger partial charge in [0.2, 0.25) is 0 Å². The molecule has 170 valence electrons. The van der Waals surface area contributed by atoms with E-state index in [-0.39, 0.29) is 27.2 Å². The third-order valence-corrected chi connectivity index (χ3v) is 5.70. The molecule has 4 N–H and O–H groups in total. The number of phenols is 1. The molecular weight excluding hydrogens is 469 g/mol. The fourth-order valence-corrected chi connectivity index (χ4v) is 4.16. The number of halogens is 2. The Labute approximate surface area is 199 Å². The Bertz CT molecular complexity index is 1190. The molecular formula is C23H19Cl2N3O5. The summed E-state index contributed by atoms with van der Waals surface area (Å²) in [7, 11) is 0. The lowest BCUT2D eigenvalue weighted by Crippen LogP contribution is -2.33. The molecule has 1 aliphatic rings. The quantitative estimate of drug-likeness (QED) is 0.240. The van der Waals surface area contributed by atoms with E-state index in [4.69, 9.17) is 33.1 Å². The molecule has 0 fully saturated rings. The van der Waals surface area contributed by atoms with E-state index in [0.29, 0.717) is 17.9 Å². The minimum Gasteiger partial charge on any atom is -0.508 e. The lowest BCUT2D eigenvalue weighted by atomic mass is 10.1. The number of fused-ring (bicyclic) bond motifs is 1. The fourth-order valence-electron chi connectivity index (χ4n) is 3.59. The molecule has 1 heterocycles. The Morgan fingerprint density at radius 2 is 1.61 bits per heavy atom. The van der Waals surface area contributed by atoms with Crippen LogP contribution in [0.5, 0.6) is 17.2 Å². The standard InChI is InChI=1S/C23H19Cl2N3O5/c24-18-8-16(26-22(30)23(31)27-32)9-19(25)21(18)33-17-5-6-20(29)15(7-17)12-28-10-13-3-1-2-4-14(13)11-28/h1-9,29,32H,10-12H2,(H,26,30)(H,27,31). The normalized spacial score (nSPS) is 12.8. The van der Waals surface area contributed by atoms with Crippen molar-refractivity contribution in [3.05, 3.63) is 81.3 Å². The summed E-state index contributed by atoms with van der Waals surface area (Å²) in [4.78, 5) is 25.0. The number of hydrogen-bond acceptors (Lipinski definition) is 6. The van der Waals surface area contributed by atoms with Crippen molar-refractivity contribution in [3.8, 4) is 17.2 Å². The van der Waals surface area contributed by atoms with Crippen molar-refractivity contribution >= 4 is 40.7 Å². The van der Waals surface area contributed by atoms with Crippen LogP contribution in [0, 0.1) is 0 Å². The van der Waals surface area contributed by atoms with Crippen LogP contribution in [0.15, 0.2) is 54.6 Å². The number of benzene rings is 3. The number of aromatic hydroxyl groups is 1. The number of carbonyl (C=O) groups excluding carboxylic acids is 2. The summed E-state index contributed by atoms with van der Waals surface area (Å²) >= 11 is 12.5. The summed E-state index contributed by atoms with van der Waals surface area (Å²) < 4.78 is 5.86. The van der Waals surface area contributed by atoms with E-state index in [2.05, 4.69) is 22.3 Å². The monoisotopic (exact) mass is 487 g/mol. The second-order valence-corrected chi connectivity index (χ2v) is 8.28. The van der Waals surface area contributed by atoms with Crippen LogP contribution >= 0.6 is 23.2 Å². The number of rotatable bonds is 5. The van der Waals surface area contributed by atoms with Crippen LogP contribution in [0.2, 0.25) is 10.0 Å². The van der Waals surface area contributed by atoms with Crippen LogP contribution in [0.4, 0.5) is 5.69 Å². The van der Waals surface area contributed by atoms with Crippen LogP contribution in [-0.2, 0) is 29.2 Å². The highest BCUT2D eigenvalue weighted by Crippen LogP contribution is 2.40. The number of nitrogens with one attached hydrogen (secondary N) is 2. The molecule has 33 heavy (non-hydrogen) atoms. The number of phenolic OH excluding ortho intramolecular Hbond substituents is 1. The summed E-state index contributed by atoms with van der Waals surface area (Å²) in [6.45, 7) is 2.11. The minimum absolute atomic E-state index is 0.0897. The van der Waals surface area contributed by atoms with Crippen LogP contribution in [0.3, 0.4) is 0 Å². The summed E-state index contributed by atoms with van der Waals surface area (Å²) in [5.41, 5.74) is 4.60. The first-order valence-electron chi connectivity index (χ1n) is 9.87. The molecule has 0 atom stereocenters. The topological polar surface area (TPSA) is 111 Å². The molecule has 0 bridgehead atoms. The molecule has 0 saturated heterocycles. The molecule has 0 saturated carbocycles. The minimum atomic E-state index is -1.24. The van der Waals surface area contributed by atoms with E-state index < -0.39 is 11.8 Å². The van der Waals surface area contributed by atoms with Crippen molar-refractivity contribution in [1.82, 2.24) is 10.4 Å². The van der Waals surface area contributed by atoms with Crippen LogP contribution in [0.1, 0.15) is 16.7 Å². The van der Waals surface area contributed by atoms with Crippen molar-refractivity contribution < 1.29 is 24.6 Å². The molecule has 0 radical (unpaired) electrons. The van der Waals surface area contributed by atoms with Gasteiger partial charge in [-0.15, -0.1) is 0 Å². The summed E-state index contributed by atoms with van der Waals surface area (Å²) in [5.74, 6) is -1.62. The molecule has 4 rings (SSSR count). The number of nitrogens with zero attached hydrogens (tertiary/aromatic N) is 1. The average Bonchev–Trinajstić information content (AvgIpc) is 3.20. The third kappa shape index (κ3) is 5.20. The van der Waals surface area contributed by atoms with E-state index >= 15 is 0 Å². The molecule has 1 aliphatic heterocycles. The van der Waals surface area contributed by atoms with Gasteiger partial charge >= 0.3 is 11.8 Å². The SMILES string of the molecule is O=C(NO)C(=O)Nc1cc(Cl)c(Oc2ccc(O)c(CN3Cc4ccccc4C3)c2)c(Cl)c1. The van der Waals surface area contributed by atoms with Crippen molar-refractivity contribution in [2.24, 2.45) is 0 Å². The number of hydroxylamine groups is 1. The van der Waals surface area contributed by atoms with E-state index in [9.17, 15) is 14.7 Å². The smallest absolute Gasteiger partial charge is 0.332 e. The van der Waals surface area contributed by atoms with Gasteiger partial charge in [0.1, 0.15) is 11.5 Å². The maximum Gasteiger partial charge on any atom is 0.332 e. The Morgan fingerprint density at radius 1 is 0.970 bits per heavy atom. The maximum atomic E-state index is 11.6. The lowest BCUT2D eigenvalue weighted by Gasteiger charge is -2.17. The van der Waals surface area contributed by atoms with Crippen LogP contribution in [-0.4, -0.2) is 27.0 Å². The van der Waals surface area contributed by atoms with Crippen molar-refractivity contribution in [1.29, 1.82) is 0 Å². The van der Waals surface area contributed by atoms with Gasteiger partial charge in [-0.1, -0.05) is 47.5 Å². The lowest BCUT2D eigenvalue weighted by molar-refractivity contribution is -0.141. The first-order chi connectivity index (χ1) is 15.8. The predicted octanol–water partition coefficient (Wildman–Crippen LogP) is 4.45.